The monoisotopic (exact) mass is 385 g/mol. The molecule has 0 bridgehead atoms. The van der Waals surface area contributed by atoms with Crippen LogP contribution in [-0.2, 0) is 11.0 Å². The number of amides is 1. The Bertz CT molecular complexity index is 850. The summed E-state index contributed by atoms with van der Waals surface area (Å²) < 4.78 is 39.0. The number of thioether (sulfide) groups is 1. The number of alkyl halides is 3. The third-order valence-corrected chi connectivity index (χ3v) is 4.46. The van der Waals surface area contributed by atoms with Crippen molar-refractivity contribution in [1.29, 1.82) is 0 Å². The van der Waals surface area contributed by atoms with E-state index >= 15 is 0 Å². The van der Waals surface area contributed by atoms with Crippen LogP contribution in [-0.4, -0.2) is 21.1 Å². The number of carbonyl (C=O) groups excluding carboxylic acids is 1. The Morgan fingerprint density at radius 2 is 1.88 bits per heavy atom. The van der Waals surface area contributed by atoms with Gasteiger partial charge in [0.1, 0.15) is 0 Å². The van der Waals surface area contributed by atoms with Crippen LogP contribution < -0.4 is 10.9 Å². The summed E-state index contributed by atoms with van der Waals surface area (Å²) in [7, 11) is 0. The third-order valence-electron chi connectivity index (χ3n) is 3.48. The van der Waals surface area contributed by atoms with Crippen molar-refractivity contribution in [1.82, 2.24) is 9.97 Å². The van der Waals surface area contributed by atoms with Gasteiger partial charge in [0.2, 0.25) is 5.91 Å². The third kappa shape index (κ3) is 5.10. The second-order valence-electron chi connectivity index (χ2n) is 5.92. The van der Waals surface area contributed by atoms with Gasteiger partial charge in [0.15, 0.2) is 5.16 Å². The van der Waals surface area contributed by atoms with Crippen LogP contribution in [0.15, 0.2) is 40.3 Å². The Kier molecular flexibility index (Phi) is 6.12. The maximum atomic E-state index is 13.0. The molecule has 1 aromatic carbocycles. The number of rotatable bonds is 5. The van der Waals surface area contributed by atoms with E-state index in [4.69, 9.17) is 0 Å². The minimum atomic E-state index is -4.57. The summed E-state index contributed by atoms with van der Waals surface area (Å²) in [5.74, 6) is -0.594. The van der Waals surface area contributed by atoms with Crippen molar-refractivity contribution in [3.05, 3.63) is 51.9 Å². The highest BCUT2D eigenvalue weighted by Gasteiger charge is 2.34. The van der Waals surface area contributed by atoms with E-state index in [1.54, 1.807) is 0 Å². The predicted octanol–water partition coefficient (Wildman–Crippen LogP) is 4.03. The van der Waals surface area contributed by atoms with Crippen molar-refractivity contribution in [3.8, 4) is 0 Å². The summed E-state index contributed by atoms with van der Waals surface area (Å²) in [6.45, 7) is 5.28. The van der Waals surface area contributed by atoms with Crippen LogP contribution in [0.5, 0.6) is 0 Å². The molecule has 1 unspecified atom stereocenters. The standard InChI is InChI=1S/C17H18F3N3O2S/c1-9(2)13-8-14(24)23-16(22-13)26-10(3)15(25)21-12-7-5-4-6-11(12)17(18,19)20/h4-10H,1-3H3,(H,21,25)(H,22,23,24). The summed E-state index contributed by atoms with van der Waals surface area (Å²) in [5, 5.41) is 1.77. The summed E-state index contributed by atoms with van der Waals surface area (Å²) in [4.78, 5) is 30.7. The Morgan fingerprint density at radius 1 is 1.23 bits per heavy atom. The van der Waals surface area contributed by atoms with Crippen LogP contribution in [0.25, 0.3) is 0 Å². The molecular weight excluding hydrogens is 367 g/mol. The Hall–Kier alpha value is -2.29. The van der Waals surface area contributed by atoms with Gasteiger partial charge in [-0.1, -0.05) is 37.7 Å². The van der Waals surface area contributed by atoms with Gasteiger partial charge in [-0.25, -0.2) is 4.98 Å². The molecule has 1 aromatic heterocycles. The number of benzene rings is 1. The predicted molar refractivity (Wildman–Crippen MR) is 94.3 cm³/mol. The molecule has 0 spiro atoms. The van der Waals surface area contributed by atoms with E-state index in [2.05, 4.69) is 15.3 Å². The van der Waals surface area contributed by atoms with Crippen molar-refractivity contribution in [2.24, 2.45) is 0 Å². The molecule has 2 rings (SSSR count). The molecule has 0 saturated heterocycles. The van der Waals surface area contributed by atoms with Gasteiger partial charge in [-0.2, -0.15) is 13.2 Å². The van der Waals surface area contributed by atoms with E-state index in [9.17, 15) is 22.8 Å². The fraction of sp³-hybridized carbons (Fsp3) is 0.353. The van der Waals surface area contributed by atoms with E-state index in [0.717, 1.165) is 17.8 Å². The number of hydrogen-bond acceptors (Lipinski definition) is 4. The second kappa shape index (κ2) is 7.94. The lowest BCUT2D eigenvalue weighted by atomic mass is 10.1. The maximum Gasteiger partial charge on any atom is 0.418 e. The van der Waals surface area contributed by atoms with Gasteiger partial charge in [-0.3, -0.25) is 9.59 Å². The number of carbonyl (C=O) groups is 1. The first-order chi connectivity index (χ1) is 12.1. The summed E-state index contributed by atoms with van der Waals surface area (Å²) in [6.07, 6.45) is -4.57. The minimum Gasteiger partial charge on any atom is -0.325 e. The van der Waals surface area contributed by atoms with Crippen molar-refractivity contribution < 1.29 is 18.0 Å². The first-order valence-electron chi connectivity index (χ1n) is 7.83. The molecule has 0 saturated carbocycles. The van der Waals surface area contributed by atoms with Crippen molar-refractivity contribution >= 4 is 23.4 Å². The average Bonchev–Trinajstić information content (AvgIpc) is 2.53. The summed E-state index contributed by atoms with van der Waals surface area (Å²) in [5.41, 5.74) is -0.999. The molecule has 5 nitrogen and oxygen atoms in total. The number of nitrogens with zero attached hydrogens (tertiary/aromatic N) is 1. The van der Waals surface area contributed by atoms with Gasteiger partial charge < -0.3 is 10.3 Å². The number of aromatic amines is 1. The number of H-pyrrole nitrogens is 1. The number of anilines is 1. The fourth-order valence-electron chi connectivity index (χ4n) is 2.10. The fourth-order valence-corrected chi connectivity index (χ4v) is 2.92. The van der Waals surface area contributed by atoms with Crippen LogP contribution >= 0.6 is 11.8 Å². The SMILES string of the molecule is CC(Sc1nc(C(C)C)cc(=O)[nH]1)C(=O)Nc1ccccc1C(F)(F)F. The summed E-state index contributed by atoms with van der Waals surface area (Å²) >= 11 is 0.970. The number of hydrogen-bond donors (Lipinski definition) is 2. The zero-order chi connectivity index (χ0) is 19.5. The molecular formula is C17H18F3N3O2S. The molecule has 26 heavy (non-hydrogen) atoms. The minimum absolute atomic E-state index is 0.0273. The zero-order valence-electron chi connectivity index (χ0n) is 14.3. The largest absolute Gasteiger partial charge is 0.418 e. The molecule has 9 heteroatoms. The normalized spacial score (nSPS) is 12.9. The van der Waals surface area contributed by atoms with Crippen LogP contribution in [0.3, 0.4) is 0 Å². The van der Waals surface area contributed by atoms with Crippen molar-refractivity contribution in [2.75, 3.05) is 5.32 Å². The van der Waals surface area contributed by atoms with Gasteiger partial charge in [0, 0.05) is 6.07 Å². The highest BCUT2D eigenvalue weighted by molar-refractivity contribution is 8.00. The molecule has 0 fully saturated rings. The number of nitrogens with one attached hydrogen (secondary N) is 2. The van der Waals surface area contributed by atoms with E-state index in [0.29, 0.717) is 5.69 Å². The number of para-hydroxylation sites is 1. The van der Waals surface area contributed by atoms with Crippen LogP contribution in [0.2, 0.25) is 0 Å². The van der Waals surface area contributed by atoms with E-state index < -0.39 is 22.9 Å². The van der Waals surface area contributed by atoms with Gasteiger partial charge in [0.05, 0.1) is 22.2 Å². The first-order valence-corrected chi connectivity index (χ1v) is 8.71. The molecule has 1 amide bonds. The Morgan fingerprint density at radius 3 is 2.50 bits per heavy atom. The molecule has 0 radical (unpaired) electrons. The first kappa shape index (κ1) is 20.0. The topological polar surface area (TPSA) is 74.8 Å². The molecule has 1 heterocycles. The van der Waals surface area contributed by atoms with Crippen LogP contribution in [0, 0.1) is 0 Å². The van der Waals surface area contributed by atoms with E-state index in [1.807, 2.05) is 13.8 Å². The molecule has 140 valence electrons. The molecule has 0 aliphatic heterocycles. The quantitative estimate of drug-likeness (QED) is 0.602. The van der Waals surface area contributed by atoms with Gasteiger partial charge in [-0.05, 0) is 25.0 Å². The number of halogens is 3. The lowest BCUT2D eigenvalue weighted by Crippen LogP contribution is -2.25. The van der Waals surface area contributed by atoms with E-state index in [1.165, 1.54) is 31.2 Å². The second-order valence-corrected chi connectivity index (χ2v) is 7.25. The Labute approximate surface area is 152 Å². The lowest BCUT2D eigenvalue weighted by Gasteiger charge is -2.16. The highest BCUT2D eigenvalue weighted by atomic mass is 32.2. The number of aromatic nitrogens is 2. The Balaban J connectivity index is 2.16. The summed E-state index contributed by atoms with van der Waals surface area (Å²) in [6, 6.07) is 6.13. The van der Waals surface area contributed by atoms with Gasteiger partial charge >= 0.3 is 6.18 Å². The maximum absolute atomic E-state index is 13.0. The van der Waals surface area contributed by atoms with Crippen molar-refractivity contribution in [2.45, 2.75) is 43.3 Å². The average molecular weight is 385 g/mol. The molecule has 2 aromatic rings. The molecule has 0 aliphatic carbocycles. The molecule has 0 aliphatic rings. The smallest absolute Gasteiger partial charge is 0.325 e. The van der Waals surface area contributed by atoms with Crippen LogP contribution in [0.4, 0.5) is 18.9 Å². The van der Waals surface area contributed by atoms with Crippen LogP contribution in [0.1, 0.15) is 37.9 Å². The van der Waals surface area contributed by atoms with Gasteiger partial charge in [-0.15, -0.1) is 0 Å². The highest BCUT2D eigenvalue weighted by Crippen LogP contribution is 2.35. The van der Waals surface area contributed by atoms with Crippen molar-refractivity contribution in [3.63, 3.8) is 0 Å². The van der Waals surface area contributed by atoms with Gasteiger partial charge in [0.25, 0.3) is 5.56 Å². The lowest BCUT2D eigenvalue weighted by molar-refractivity contribution is -0.137. The molecule has 2 N–H and O–H groups in total. The zero-order valence-corrected chi connectivity index (χ0v) is 15.2. The molecule has 1 atom stereocenters. The van der Waals surface area contributed by atoms with E-state index in [-0.39, 0.29) is 22.3 Å².